The van der Waals surface area contributed by atoms with Gasteiger partial charge in [0, 0.05) is 32.2 Å². The molecule has 1 amide bonds. The van der Waals surface area contributed by atoms with Crippen LogP contribution in [0.1, 0.15) is 12.8 Å². The third kappa shape index (κ3) is 3.43. The molecule has 0 aromatic heterocycles. The number of piperidine rings is 1. The molecule has 0 aromatic rings. The van der Waals surface area contributed by atoms with Crippen LogP contribution in [0.2, 0.25) is 0 Å². The Kier molecular flexibility index (Phi) is 4.56. The van der Waals surface area contributed by atoms with E-state index in [1.54, 1.807) is 0 Å². The highest BCUT2D eigenvalue weighted by Crippen LogP contribution is 2.01. The Labute approximate surface area is 96.9 Å². The van der Waals surface area contributed by atoms with E-state index in [-0.39, 0.29) is 5.91 Å². The Morgan fingerprint density at radius 1 is 1.12 bits per heavy atom. The maximum Gasteiger partial charge on any atom is 0.236 e. The first-order valence-corrected chi connectivity index (χ1v) is 6.29. The van der Waals surface area contributed by atoms with Gasteiger partial charge in [-0.3, -0.25) is 4.79 Å². The SMILES string of the molecule is O=C(CNC1CCNCC1)N1CCNCC1. The van der Waals surface area contributed by atoms with Gasteiger partial charge in [0.05, 0.1) is 6.54 Å². The summed E-state index contributed by atoms with van der Waals surface area (Å²) in [5.41, 5.74) is 0. The molecule has 2 saturated heterocycles. The van der Waals surface area contributed by atoms with Gasteiger partial charge in [-0.2, -0.15) is 0 Å². The summed E-state index contributed by atoms with van der Waals surface area (Å²) in [6.07, 6.45) is 2.27. The third-order valence-corrected chi connectivity index (χ3v) is 3.35. The van der Waals surface area contributed by atoms with Crippen molar-refractivity contribution in [3.05, 3.63) is 0 Å². The number of rotatable bonds is 3. The Morgan fingerprint density at radius 3 is 2.44 bits per heavy atom. The maximum absolute atomic E-state index is 11.9. The lowest BCUT2D eigenvalue weighted by Crippen LogP contribution is -2.50. The lowest BCUT2D eigenvalue weighted by Gasteiger charge is -2.29. The van der Waals surface area contributed by atoms with Gasteiger partial charge < -0.3 is 20.9 Å². The van der Waals surface area contributed by atoms with Gasteiger partial charge in [-0.1, -0.05) is 0 Å². The van der Waals surface area contributed by atoms with E-state index in [0.717, 1.165) is 52.1 Å². The molecule has 3 N–H and O–H groups in total. The van der Waals surface area contributed by atoms with E-state index >= 15 is 0 Å². The lowest BCUT2D eigenvalue weighted by molar-refractivity contribution is -0.130. The van der Waals surface area contributed by atoms with Crippen molar-refractivity contribution in [2.45, 2.75) is 18.9 Å². The van der Waals surface area contributed by atoms with Crippen LogP contribution in [0, 0.1) is 0 Å². The average molecular weight is 226 g/mol. The largest absolute Gasteiger partial charge is 0.339 e. The lowest BCUT2D eigenvalue weighted by atomic mass is 10.1. The predicted octanol–water partition coefficient (Wildman–Crippen LogP) is -1.24. The molecule has 2 heterocycles. The van der Waals surface area contributed by atoms with E-state index in [0.29, 0.717) is 12.6 Å². The van der Waals surface area contributed by atoms with Crippen molar-refractivity contribution in [1.82, 2.24) is 20.9 Å². The van der Waals surface area contributed by atoms with Gasteiger partial charge in [-0.25, -0.2) is 0 Å². The normalized spacial score (nSPS) is 23.4. The summed E-state index contributed by atoms with van der Waals surface area (Å²) in [4.78, 5) is 13.8. The van der Waals surface area contributed by atoms with Crippen LogP contribution in [0.15, 0.2) is 0 Å². The average Bonchev–Trinajstić information content (AvgIpc) is 2.38. The van der Waals surface area contributed by atoms with E-state index in [1.807, 2.05) is 4.90 Å². The van der Waals surface area contributed by atoms with Crippen LogP contribution in [0.5, 0.6) is 0 Å². The summed E-state index contributed by atoms with van der Waals surface area (Å²) in [6.45, 7) is 6.21. The van der Waals surface area contributed by atoms with Crippen molar-refractivity contribution in [2.75, 3.05) is 45.8 Å². The Morgan fingerprint density at radius 2 is 1.75 bits per heavy atom. The highest BCUT2D eigenvalue weighted by molar-refractivity contribution is 5.78. The minimum atomic E-state index is 0.250. The molecule has 16 heavy (non-hydrogen) atoms. The first-order chi connectivity index (χ1) is 7.86. The monoisotopic (exact) mass is 226 g/mol. The minimum absolute atomic E-state index is 0.250. The zero-order valence-electron chi connectivity index (χ0n) is 9.80. The van der Waals surface area contributed by atoms with Crippen LogP contribution in [0.25, 0.3) is 0 Å². The Bertz CT molecular complexity index is 222. The molecule has 0 aliphatic carbocycles. The number of carbonyl (C=O) groups is 1. The number of hydrogen-bond donors (Lipinski definition) is 3. The van der Waals surface area contributed by atoms with Crippen LogP contribution in [0.4, 0.5) is 0 Å². The molecule has 0 unspecified atom stereocenters. The van der Waals surface area contributed by atoms with E-state index in [4.69, 9.17) is 0 Å². The van der Waals surface area contributed by atoms with Gasteiger partial charge in [-0.15, -0.1) is 0 Å². The summed E-state index contributed by atoms with van der Waals surface area (Å²) in [6, 6.07) is 0.521. The minimum Gasteiger partial charge on any atom is -0.339 e. The van der Waals surface area contributed by atoms with Crippen molar-refractivity contribution >= 4 is 5.91 Å². The number of carbonyl (C=O) groups excluding carboxylic acids is 1. The Hall–Kier alpha value is -0.650. The second-order valence-corrected chi connectivity index (χ2v) is 4.54. The third-order valence-electron chi connectivity index (χ3n) is 3.35. The van der Waals surface area contributed by atoms with Gasteiger partial charge >= 0.3 is 0 Å². The first-order valence-electron chi connectivity index (χ1n) is 6.29. The van der Waals surface area contributed by atoms with Crippen LogP contribution in [-0.4, -0.2) is 62.7 Å². The molecule has 2 aliphatic rings. The van der Waals surface area contributed by atoms with E-state index in [1.165, 1.54) is 0 Å². The fraction of sp³-hybridized carbons (Fsp3) is 0.909. The van der Waals surface area contributed by atoms with E-state index in [9.17, 15) is 4.79 Å². The second kappa shape index (κ2) is 6.18. The number of nitrogens with zero attached hydrogens (tertiary/aromatic N) is 1. The molecule has 0 saturated carbocycles. The van der Waals surface area contributed by atoms with Crippen molar-refractivity contribution in [1.29, 1.82) is 0 Å². The van der Waals surface area contributed by atoms with Gasteiger partial charge in [0.15, 0.2) is 0 Å². The molecule has 92 valence electrons. The van der Waals surface area contributed by atoms with Crippen molar-refractivity contribution < 1.29 is 4.79 Å². The second-order valence-electron chi connectivity index (χ2n) is 4.54. The quantitative estimate of drug-likeness (QED) is 0.563. The molecule has 5 heteroatoms. The number of hydrogen-bond acceptors (Lipinski definition) is 4. The zero-order valence-corrected chi connectivity index (χ0v) is 9.80. The van der Waals surface area contributed by atoms with E-state index < -0.39 is 0 Å². The van der Waals surface area contributed by atoms with Gasteiger partial charge in [0.1, 0.15) is 0 Å². The standard InChI is InChI=1S/C11H22N4O/c16-11(15-7-5-13-6-8-15)9-14-10-1-3-12-4-2-10/h10,12-14H,1-9H2. The fourth-order valence-electron chi connectivity index (χ4n) is 2.28. The van der Waals surface area contributed by atoms with Crippen LogP contribution < -0.4 is 16.0 Å². The highest BCUT2D eigenvalue weighted by Gasteiger charge is 2.18. The number of piperazine rings is 1. The summed E-state index contributed by atoms with van der Waals surface area (Å²) in [5.74, 6) is 0.250. The molecule has 0 aromatic carbocycles. The molecular formula is C11H22N4O. The molecule has 0 atom stereocenters. The summed E-state index contributed by atoms with van der Waals surface area (Å²) in [7, 11) is 0. The van der Waals surface area contributed by atoms with Crippen LogP contribution >= 0.6 is 0 Å². The molecule has 2 rings (SSSR count). The number of amides is 1. The van der Waals surface area contributed by atoms with Crippen molar-refractivity contribution in [2.24, 2.45) is 0 Å². The smallest absolute Gasteiger partial charge is 0.236 e. The summed E-state index contributed by atoms with van der Waals surface area (Å²) < 4.78 is 0. The fourth-order valence-corrected chi connectivity index (χ4v) is 2.28. The molecular weight excluding hydrogens is 204 g/mol. The van der Waals surface area contributed by atoms with Crippen molar-refractivity contribution in [3.63, 3.8) is 0 Å². The zero-order chi connectivity index (χ0) is 11.2. The highest BCUT2D eigenvalue weighted by atomic mass is 16.2. The molecule has 2 fully saturated rings. The van der Waals surface area contributed by atoms with Crippen LogP contribution in [0.3, 0.4) is 0 Å². The summed E-state index contributed by atoms with van der Waals surface area (Å²) >= 11 is 0. The maximum atomic E-state index is 11.9. The number of nitrogens with one attached hydrogen (secondary N) is 3. The molecule has 0 spiro atoms. The molecule has 0 radical (unpaired) electrons. The van der Waals surface area contributed by atoms with Crippen LogP contribution in [-0.2, 0) is 4.79 Å². The molecule has 2 aliphatic heterocycles. The molecule has 5 nitrogen and oxygen atoms in total. The van der Waals surface area contributed by atoms with Gasteiger partial charge in [0.2, 0.25) is 5.91 Å². The van der Waals surface area contributed by atoms with Gasteiger partial charge in [-0.05, 0) is 25.9 Å². The Balaban J connectivity index is 1.65. The van der Waals surface area contributed by atoms with E-state index in [2.05, 4.69) is 16.0 Å². The predicted molar refractivity (Wildman–Crippen MR) is 63.3 cm³/mol. The first kappa shape index (κ1) is 11.8. The van der Waals surface area contributed by atoms with Gasteiger partial charge in [0.25, 0.3) is 0 Å². The van der Waals surface area contributed by atoms with Crippen molar-refractivity contribution in [3.8, 4) is 0 Å². The summed E-state index contributed by atoms with van der Waals surface area (Å²) in [5, 5.41) is 9.94. The topological polar surface area (TPSA) is 56.4 Å². The molecule has 0 bridgehead atoms.